The Morgan fingerprint density at radius 2 is 2.00 bits per heavy atom. The molecule has 0 aliphatic heterocycles. The van der Waals surface area contributed by atoms with Crippen LogP contribution in [0.1, 0.15) is 11.3 Å². The molecule has 0 radical (unpaired) electrons. The Morgan fingerprint density at radius 1 is 1.25 bits per heavy atom. The van der Waals surface area contributed by atoms with Gasteiger partial charge in [0.05, 0.1) is 35.4 Å². The molecule has 0 unspecified atom stereocenters. The first-order chi connectivity index (χ1) is 9.70. The Morgan fingerprint density at radius 3 is 2.60 bits per heavy atom. The molecule has 5 nitrogen and oxygen atoms in total. The van der Waals surface area contributed by atoms with Gasteiger partial charge in [-0.1, -0.05) is 29.8 Å². The normalized spacial score (nSPS) is 10.9. The van der Waals surface area contributed by atoms with Gasteiger partial charge in [0.15, 0.2) is 5.82 Å². The lowest BCUT2D eigenvalue weighted by Gasteiger charge is -2.08. The number of para-hydroxylation sites is 1. The average molecular weight is 289 g/mol. The monoisotopic (exact) mass is 288 g/mol. The molecule has 0 spiro atoms. The van der Waals surface area contributed by atoms with Gasteiger partial charge in [-0.15, -0.1) is 0 Å². The largest absolute Gasteiger partial charge is 0.391 e. The van der Waals surface area contributed by atoms with E-state index in [1.807, 2.05) is 37.3 Å². The van der Waals surface area contributed by atoms with Crippen LogP contribution >= 0.6 is 11.6 Å². The van der Waals surface area contributed by atoms with Gasteiger partial charge < -0.3 is 5.11 Å². The number of hydrogen-bond donors (Lipinski definition) is 1. The fraction of sp³-hybridized carbons (Fsp3) is 0.143. The van der Waals surface area contributed by atoms with E-state index in [2.05, 4.69) is 10.2 Å². The molecule has 0 bridgehead atoms. The van der Waals surface area contributed by atoms with Gasteiger partial charge in [0.2, 0.25) is 0 Å². The molecule has 1 aromatic carbocycles. The van der Waals surface area contributed by atoms with Crippen molar-refractivity contribution >= 4 is 11.6 Å². The highest BCUT2D eigenvalue weighted by molar-refractivity contribution is 6.30. The van der Waals surface area contributed by atoms with Gasteiger partial charge in [-0.05, 0) is 19.1 Å². The zero-order valence-electron chi connectivity index (χ0n) is 10.9. The molecular formula is C14H13ClN4O. The first kappa shape index (κ1) is 12.9. The van der Waals surface area contributed by atoms with Crippen LogP contribution in [0.5, 0.6) is 0 Å². The van der Waals surface area contributed by atoms with Crippen LogP contribution in [0.15, 0.2) is 42.7 Å². The van der Waals surface area contributed by atoms with Crippen molar-refractivity contribution in [3.05, 3.63) is 59.0 Å². The van der Waals surface area contributed by atoms with Crippen molar-refractivity contribution in [1.29, 1.82) is 0 Å². The summed E-state index contributed by atoms with van der Waals surface area (Å²) in [5.74, 6) is 0.697. The molecular weight excluding hydrogens is 276 g/mol. The Labute approximate surface area is 121 Å². The van der Waals surface area contributed by atoms with E-state index in [1.165, 1.54) is 0 Å². The average Bonchev–Trinajstić information content (AvgIpc) is 3.03. The molecule has 2 aromatic heterocycles. The van der Waals surface area contributed by atoms with E-state index in [0.717, 1.165) is 16.9 Å². The van der Waals surface area contributed by atoms with Crippen LogP contribution in [0, 0.1) is 6.92 Å². The predicted molar refractivity (Wildman–Crippen MR) is 76.4 cm³/mol. The Balaban J connectivity index is 2.25. The molecule has 0 saturated carbocycles. The molecule has 102 valence electrons. The number of benzene rings is 1. The fourth-order valence-electron chi connectivity index (χ4n) is 2.13. The summed E-state index contributed by atoms with van der Waals surface area (Å²) in [7, 11) is 0. The van der Waals surface area contributed by atoms with E-state index >= 15 is 0 Å². The van der Waals surface area contributed by atoms with Crippen LogP contribution in [0.3, 0.4) is 0 Å². The van der Waals surface area contributed by atoms with E-state index in [9.17, 15) is 5.11 Å². The number of halogens is 1. The van der Waals surface area contributed by atoms with Crippen molar-refractivity contribution < 1.29 is 5.11 Å². The van der Waals surface area contributed by atoms with Crippen LogP contribution < -0.4 is 0 Å². The SMILES string of the molecule is Cc1nn(-c2ccccc2)c(-n2cc(Cl)cn2)c1CO. The van der Waals surface area contributed by atoms with Crippen LogP contribution in [0.25, 0.3) is 11.5 Å². The number of hydrogen-bond acceptors (Lipinski definition) is 3. The molecule has 0 atom stereocenters. The molecule has 2 heterocycles. The molecule has 0 aliphatic rings. The van der Waals surface area contributed by atoms with E-state index in [1.54, 1.807) is 21.8 Å². The van der Waals surface area contributed by atoms with E-state index < -0.39 is 0 Å². The lowest BCUT2D eigenvalue weighted by molar-refractivity contribution is 0.280. The van der Waals surface area contributed by atoms with Crippen molar-refractivity contribution in [3.63, 3.8) is 0 Å². The molecule has 3 aromatic rings. The van der Waals surface area contributed by atoms with Crippen molar-refractivity contribution in [2.75, 3.05) is 0 Å². The van der Waals surface area contributed by atoms with Crippen molar-refractivity contribution in [1.82, 2.24) is 19.6 Å². The second-order valence-electron chi connectivity index (χ2n) is 4.40. The van der Waals surface area contributed by atoms with Gasteiger partial charge in [-0.3, -0.25) is 0 Å². The van der Waals surface area contributed by atoms with E-state index in [0.29, 0.717) is 10.8 Å². The molecule has 0 fully saturated rings. The zero-order chi connectivity index (χ0) is 14.1. The number of rotatable bonds is 3. The summed E-state index contributed by atoms with van der Waals surface area (Å²) in [6.45, 7) is 1.76. The molecule has 0 saturated heterocycles. The van der Waals surface area contributed by atoms with Crippen molar-refractivity contribution in [2.45, 2.75) is 13.5 Å². The van der Waals surface area contributed by atoms with Crippen LogP contribution in [0.4, 0.5) is 0 Å². The molecule has 6 heteroatoms. The van der Waals surface area contributed by atoms with Crippen LogP contribution in [-0.4, -0.2) is 24.7 Å². The third kappa shape index (κ3) is 2.11. The summed E-state index contributed by atoms with van der Waals surface area (Å²) in [5, 5.41) is 18.8. The lowest BCUT2D eigenvalue weighted by atomic mass is 10.2. The molecule has 20 heavy (non-hydrogen) atoms. The van der Waals surface area contributed by atoms with Crippen molar-refractivity contribution in [2.24, 2.45) is 0 Å². The second kappa shape index (κ2) is 5.11. The number of nitrogens with zero attached hydrogens (tertiary/aromatic N) is 4. The third-order valence-corrected chi connectivity index (χ3v) is 3.28. The van der Waals surface area contributed by atoms with Gasteiger partial charge in [0, 0.05) is 5.56 Å². The van der Waals surface area contributed by atoms with E-state index in [-0.39, 0.29) is 6.61 Å². The molecule has 1 N–H and O–H groups in total. The highest BCUT2D eigenvalue weighted by Gasteiger charge is 2.18. The summed E-state index contributed by atoms with van der Waals surface area (Å²) in [5.41, 5.74) is 2.39. The predicted octanol–water partition coefficient (Wildman–Crippen LogP) is 2.51. The molecule has 0 amide bonds. The fourth-order valence-corrected chi connectivity index (χ4v) is 2.27. The number of aliphatic hydroxyl groups excluding tert-OH is 1. The minimum Gasteiger partial charge on any atom is -0.391 e. The third-order valence-electron chi connectivity index (χ3n) is 3.08. The van der Waals surface area contributed by atoms with Gasteiger partial charge in [-0.2, -0.15) is 10.2 Å². The Kier molecular flexibility index (Phi) is 3.30. The smallest absolute Gasteiger partial charge is 0.162 e. The minimum atomic E-state index is -0.106. The summed E-state index contributed by atoms with van der Waals surface area (Å²) in [6.07, 6.45) is 3.25. The number of aromatic nitrogens is 4. The van der Waals surface area contributed by atoms with Gasteiger partial charge in [0.25, 0.3) is 0 Å². The maximum Gasteiger partial charge on any atom is 0.162 e. The standard InChI is InChI=1S/C14H13ClN4O/c1-10-13(9-20)14(18-8-11(15)7-16-18)19(17-10)12-5-3-2-4-6-12/h2-8,20H,9H2,1H3. The number of aryl methyl sites for hydroxylation is 1. The van der Waals surface area contributed by atoms with Gasteiger partial charge in [0.1, 0.15) is 0 Å². The van der Waals surface area contributed by atoms with Crippen LogP contribution in [-0.2, 0) is 6.61 Å². The van der Waals surface area contributed by atoms with Crippen molar-refractivity contribution in [3.8, 4) is 11.5 Å². The summed E-state index contributed by atoms with van der Waals surface area (Å²) in [6, 6.07) is 9.71. The second-order valence-corrected chi connectivity index (χ2v) is 4.83. The zero-order valence-corrected chi connectivity index (χ0v) is 11.6. The minimum absolute atomic E-state index is 0.106. The summed E-state index contributed by atoms with van der Waals surface area (Å²) < 4.78 is 3.38. The lowest BCUT2D eigenvalue weighted by Crippen LogP contribution is -2.07. The van der Waals surface area contributed by atoms with Gasteiger partial charge >= 0.3 is 0 Å². The highest BCUT2D eigenvalue weighted by atomic mass is 35.5. The Hall–Kier alpha value is -2.11. The first-order valence-electron chi connectivity index (χ1n) is 6.16. The summed E-state index contributed by atoms with van der Waals surface area (Å²) in [4.78, 5) is 0. The van der Waals surface area contributed by atoms with E-state index in [4.69, 9.17) is 11.6 Å². The quantitative estimate of drug-likeness (QED) is 0.806. The van der Waals surface area contributed by atoms with Gasteiger partial charge in [-0.25, -0.2) is 9.36 Å². The highest BCUT2D eigenvalue weighted by Crippen LogP contribution is 2.23. The molecule has 0 aliphatic carbocycles. The molecule has 3 rings (SSSR count). The topological polar surface area (TPSA) is 55.9 Å². The summed E-state index contributed by atoms with van der Waals surface area (Å²) >= 11 is 5.94. The number of aliphatic hydroxyl groups is 1. The van der Waals surface area contributed by atoms with Crippen LogP contribution in [0.2, 0.25) is 5.02 Å². The first-order valence-corrected chi connectivity index (χ1v) is 6.54. The maximum atomic E-state index is 9.60. The maximum absolute atomic E-state index is 9.60. The Bertz CT molecular complexity index is 733.